The van der Waals surface area contributed by atoms with Crippen LogP contribution in [-0.4, -0.2) is 59.3 Å². The van der Waals surface area contributed by atoms with Gasteiger partial charge in [-0.05, 0) is 61.7 Å². The molecule has 0 radical (unpaired) electrons. The van der Waals surface area contributed by atoms with Crippen molar-refractivity contribution < 1.29 is 28.3 Å². The summed E-state index contributed by atoms with van der Waals surface area (Å²) in [5, 5.41) is 6.83. The molecule has 2 aliphatic heterocycles. The van der Waals surface area contributed by atoms with Crippen LogP contribution in [0.3, 0.4) is 0 Å². The van der Waals surface area contributed by atoms with Crippen molar-refractivity contribution >= 4 is 34.6 Å². The minimum atomic E-state index is -1.02. The molecule has 10 nitrogen and oxygen atoms in total. The molecular formula is C34H30N4O6. The Hall–Kier alpha value is -5.11. The number of carbonyl (C=O) groups excluding carboxylic acids is 4. The number of imide groups is 2. The van der Waals surface area contributed by atoms with Gasteiger partial charge in [0.15, 0.2) is 0 Å². The summed E-state index contributed by atoms with van der Waals surface area (Å²) in [4.78, 5) is 55.2. The van der Waals surface area contributed by atoms with Crippen LogP contribution in [0.5, 0.6) is 0 Å². The van der Waals surface area contributed by atoms with Crippen molar-refractivity contribution in [2.45, 2.75) is 37.8 Å². The summed E-state index contributed by atoms with van der Waals surface area (Å²) in [5.41, 5.74) is 2.64. The fourth-order valence-corrected chi connectivity index (χ4v) is 5.52. The predicted octanol–water partition coefficient (Wildman–Crippen LogP) is 3.76. The van der Waals surface area contributed by atoms with Crippen molar-refractivity contribution in [3.8, 4) is 11.8 Å². The number of para-hydroxylation sites is 1. The Bertz CT molecular complexity index is 1750. The molecule has 4 amide bonds. The number of unbranched alkanes of at least 4 members (excludes halogenated alkanes) is 1. The topological polar surface area (TPSA) is 131 Å². The van der Waals surface area contributed by atoms with E-state index in [1.807, 2.05) is 42.6 Å². The van der Waals surface area contributed by atoms with Gasteiger partial charge in [0.25, 0.3) is 11.8 Å². The third-order valence-corrected chi connectivity index (χ3v) is 7.68. The lowest BCUT2D eigenvalue weighted by molar-refractivity contribution is -0.136. The number of nitrogens with one attached hydrogen (secondary N) is 2. The number of hydrogen-bond donors (Lipinski definition) is 2. The largest absolute Gasteiger partial charge is 0.459 e. The number of hydrogen-bond acceptors (Lipinski definition) is 8. The van der Waals surface area contributed by atoms with Crippen molar-refractivity contribution in [2.75, 3.05) is 19.8 Å². The highest BCUT2D eigenvalue weighted by atomic mass is 16.5. The molecule has 44 heavy (non-hydrogen) atoms. The van der Waals surface area contributed by atoms with Gasteiger partial charge in [-0.3, -0.25) is 34.4 Å². The van der Waals surface area contributed by atoms with E-state index in [1.54, 1.807) is 24.4 Å². The van der Waals surface area contributed by atoms with Gasteiger partial charge in [-0.1, -0.05) is 42.2 Å². The lowest BCUT2D eigenvalue weighted by Crippen LogP contribution is -2.54. The van der Waals surface area contributed by atoms with E-state index in [-0.39, 0.29) is 36.6 Å². The maximum absolute atomic E-state index is 13.2. The van der Waals surface area contributed by atoms with Gasteiger partial charge in [0.2, 0.25) is 11.8 Å². The Morgan fingerprint density at radius 1 is 1.05 bits per heavy atom. The van der Waals surface area contributed by atoms with Crippen molar-refractivity contribution in [3.63, 3.8) is 0 Å². The number of piperidine rings is 1. The van der Waals surface area contributed by atoms with Gasteiger partial charge in [0.1, 0.15) is 24.0 Å². The number of aromatic nitrogens is 1. The minimum absolute atomic E-state index is 0.0657. The predicted molar refractivity (Wildman–Crippen MR) is 160 cm³/mol. The van der Waals surface area contributed by atoms with Gasteiger partial charge in [-0.25, -0.2) is 0 Å². The molecular weight excluding hydrogens is 560 g/mol. The van der Waals surface area contributed by atoms with Crippen LogP contribution in [0.25, 0.3) is 11.0 Å². The van der Waals surface area contributed by atoms with Gasteiger partial charge in [0.05, 0.1) is 17.2 Å². The molecule has 1 saturated heterocycles. The summed E-state index contributed by atoms with van der Waals surface area (Å²) in [5.74, 6) is 4.51. The standard InChI is InChI=1S/C34H30N4O6/c39-29-15-14-26(32(40)37-29)38-33(41)25-12-5-9-22(30(25)34(38)42)11-7-19-43-18-4-3-17-36-31(24-10-6-16-35-21-24)28-20-23-8-1-2-13-27(23)44-28/h1-2,5-6,8-10,12-13,16,20-21,26,31,36H,3-4,14-15,17-19H2,(H,37,39,40). The molecule has 1 fully saturated rings. The van der Waals surface area contributed by atoms with E-state index in [0.717, 1.165) is 46.6 Å². The number of pyridine rings is 1. The molecule has 0 bridgehead atoms. The first-order chi connectivity index (χ1) is 21.5. The van der Waals surface area contributed by atoms with Crippen molar-refractivity contribution in [1.29, 1.82) is 0 Å². The van der Waals surface area contributed by atoms with Crippen molar-refractivity contribution in [1.82, 2.24) is 20.5 Å². The smallest absolute Gasteiger partial charge is 0.263 e. The fraction of sp³-hybridized carbons (Fsp3) is 0.265. The first-order valence-corrected chi connectivity index (χ1v) is 14.5. The maximum Gasteiger partial charge on any atom is 0.263 e. The third kappa shape index (κ3) is 6.01. The average Bonchev–Trinajstić information content (AvgIpc) is 3.57. The van der Waals surface area contributed by atoms with Crippen LogP contribution in [0.1, 0.15) is 69.3 Å². The quantitative estimate of drug-likeness (QED) is 0.162. The average molecular weight is 591 g/mol. The Morgan fingerprint density at radius 3 is 2.75 bits per heavy atom. The zero-order valence-electron chi connectivity index (χ0n) is 23.9. The number of rotatable bonds is 10. The first kappa shape index (κ1) is 29.0. The number of nitrogens with zero attached hydrogens (tertiary/aromatic N) is 2. The minimum Gasteiger partial charge on any atom is -0.459 e. The Kier molecular flexibility index (Phi) is 8.59. The molecule has 2 atom stereocenters. The zero-order chi connectivity index (χ0) is 30.5. The molecule has 2 aromatic heterocycles. The third-order valence-electron chi connectivity index (χ3n) is 7.68. The Morgan fingerprint density at radius 2 is 1.93 bits per heavy atom. The van der Waals surface area contributed by atoms with Crippen LogP contribution < -0.4 is 10.6 Å². The van der Waals surface area contributed by atoms with Gasteiger partial charge in [-0.15, -0.1) is 0 Å². The summed E-state index contributed by atoms with van der Waals surface area (Å²) < 4.78 is 11.8. The molecule has 2 aromatic carbocycles. The Balaban J connectivity index is 0.997. The highest BCUT2D eigenvalue weighted by Gasteiger charge is 2.45. The summed E-state index contributed by atoms with van der Waals surface area (Å²) in [6.45, 7) is 1.40. The van der Waals surface area contributed by atoms with Gasteiger partial charge >= 0.3 is 0 Å². The SMILES string of the molecule is O=C1CCC(N2C(=O)c3cccc(C#CCOCCCCNC(c4cccnc4)c4cc5ccccc5o4)c3C2=O)C(=O)N1. The summed E-state index contributed by atoms with van der Waals surface area (Å²) >= 11 is 0. The monoisotopic (exact) mass is 590 g/mol. The van der Waals surface area contributed by atoms with Crippen molar-refractivity contribution in [2.24, 2.45) is 0 Å². The van der Waals surface area contributed by atoms with Crippen molar-refractivity contribution in [3.05, 3.63) is 101 Å². The van der Waals surface area contributed by atoms with Crippen LogP contribution in [0, 0.1) is 11.8 Å². The molecule has 6 rings (SSSR count). The van der Waals surface area contributed by atoms with Gasteiger partial charge < -0.3 is 14.5 Å². The van der Waals surface area contributed by atoms with E-state index in [1.165, 1.54) is 0 Å². The lowest BCUT2D eigenvalue weighted by atomic mass is 10.0. The van der Waals surface area contributed by atoms with E-state index in [2.05, 4.69) is 33.5 Å². The molecule has 10 heteroatoms. The number of ether oxygens (including phenoxy) is 1. The van der Waals surface area contributed by atoms with Crippen LogP contribution in [0.15, 0.2) is 77.5 Å². The lowest BCUT2D eigenvalue weighted by Gasteiger charge is -2.27. The molecule has 0 spiro atoms. The second-order valence-electron chi connectivity index (χ2n) is 10.6. The molecule has 222 valence electrons. The molecule has 2 aliphatic rings. The fourth-order valence-electron chi connectivity index (χ4n) is 5.52. The van der Waals surface area contributed by atoms with Crippen LogP contribution in [0.4, 0.5) is 0 Å². The van der Waals surface area contributed by atoms with E-state index < -0.39 is 29.7 Å². The normalized spacial score (nSPS) is 16.9. The molecule has 4 heterocycles. The number of amides is 4. The maximum atomic E-state index is 13.2. The molecule has 0 aliphatic carbocycles. The summed E-state index contributed by atoms with van der Waals surface area (Å²) in [7, 11) is 0. The first-order valence-electron chi connectivity index (χ1n) is 14.5. The molecule has 4 aromatic rings. The molecule has 0 saturated carbocycles. The highest BCUT2D eigenvalue weighted by molar-refractivity contribution is 6.24. The van der Waals surface area contributed by atoms with E-state index in [4.69, 9.17) is 9.15 Å². The number of benzene rings is 2. The number of carbonyl (C=O) groups is 4. The summed E-state index contributed by atoms with van der Waals surface area (Å²) in [6, 6.07) is 17.6. The van der Waals surface area contributed by atoms with Crippen LogP contribution >= 0.6 is 0 Å². The van der Waals surface area contributed by atoms with E-state index >= 15 is 0 Å². The van der Waals surface area contributed by atoms with Gasteiger partial charge in [-0.2, -0.15) is 0 Å². The van der Waals surface area contributed by atoms with Crippen LogP contribution in [0.2, 0.25) is 0 Å². The highest BCUT2D eigenvalue weighted by Crippen LogP contribution is 2.30. The Labute approximate surface area is 253 Å². The molecule has 2 N–H and O–H groups in total. The van der Waals surface area contributed by atoms with E-state index in [0.29, 0.717) is 12.2 Å². The number of fused-ring (bicyclic) bond motifs is 2. The second kappa shape index (κ2) is 13.0. The molecule has 2 unspecified atom stereocenters. The summed E-state index contributed by atoms with van der Waals surface area (Å²) in [6.07, 6.45) is 5.43. The second-order valence-corrected chi connectivity index (χ2v) is 10.6. The van der Waals surface area contributed by atoms with E-state index in [9.17, 15) is 19.2 Å². The van der Waals surface area contributed by atoms with Crippen LogP contribution in [-0.2, 0) is 14.3 Å². The number of furan rings is 1. The zero-order valence-corrected chi connectivity index (χ0v) is 23.9. The van der Waals surface area contributed by atoms with Gasteiger partial charge in [0, 0.05) is 36.4 Å².